The van der Waals surface area contributed by atoms with Crippen LogP contribution >= 0.6 is 15.6 Å². The summed E-state index contributed by atoms with van der Waals surface area (Å²) in [6, 6.07) is 0. The molecule has 6 unspecified atom stereocenters. The van der Waals surface area contributed by atoms with E-state index in [-0.39, 0.29) is 25.7 Å². The van der Waals surface area contributed by atoms with E-state index in [1.54, 1.807) is 0 Å². The second kappa shape index (κ2) is 59.8. The fraction of sp³-hybridized carbons (Fsp3) is 0.943. The molecule has 3 N–H and O–H groups in total. The van der Waals surface area contributed by atoms with Crippen LogP contribution in [0.1, 0.15) is 344 Å². The minimum absolute atomic E-state index is 0.104. The standard InChI is InChI=1S/C70H136O17P2/c1-9-61(6)47-39-31-23-14-12-13-15-28-36-44-52-69(74)86-65(56-81-68(73)51-43-35-27-20-17-24-32-40-48-62(7)10-2)58-84-88(76,77)82-54-64(71)55-83-89(78,79)85-59-66(57-80-67(72)50-42-34-26-19-16-22-30-38-46-60(4)5)87-70(75)53-45-37-29-21-18-25-33-41-49-63(8)11-3/h60-66,71H,9-59H2,1-8H3,(H,76,77)(H,78,79)/t61?,62?,63?,64?,65-,66-/m1/s1. The van der Waals surface area contributed by atoms with Crippen LogP contribution in [0, 0.1) is 23.7 Å². The van der Waals surface area contributed by atoms with Crippen molar-refractivity contribution in [1.29, 1.82) is 0 Å². The molecule has 0 amide bonds. The molecule has 0 aliphatic carbocycles. The number of phosphoric acid groups is 2. The summed E-state index contributed by atoms with van der Waals surface area (Å²) in [7, 11) is -9.90. The molecule has 0 saturated carbocycles. The molecule has 0 aliphatic heterocycles. The molecule has 0 fully saturated rings. The topological polar surface area (TPSA) is 237 Å². The summed E-state index contributed by atoms with van der Waals surface area (Å²) in [5.74, 6) is 0.945. The van der Waals surface area contributed by atoms with Gasteiger partial charge in [-0.25, -0.2) is 9.13 Å². The molecule has 17 nitrogen and oxygen atoms in total. The molecule has 0 bridgehead atoms. The molecule has 0 spiro atoms. The van der Waals surface area contributed by atoms with Crippen molar-refractivity contribution in [1.82, 2.24) is 0 Å². The highest BCUT2D eigenvalue weighted by molar-refractivity contribution is 7.47. The predicted molar refractivity (Wildman–Crippen MR) is 358 cm³/mol. The zero-order valence-electron chi connectivity index (χ0n) is 58.1. The minimum atomic E-state index is -4.95. The number of unbranched alkanes of at least 4 members (excludes halogenated alkanes) is 30. The second-order valence-electron chi connectivity index (χ2n) is 26.5. The summed E-state index contributed by atoms with van der Waals surface area (Å²) in [5, 5.41) is 10.6. The van der Waals surface area contributed by atoms with Crippen molar-refractivity contribution in [3.63, 3.8) is 0 Å². The largest absolute Gasteiger partial charge is 0.472 e. The smallest absolute Gasteiger partial charge is 0.462 e. The third-order valence-electron chi connectivity index (χ3n) is 17.2. The van der Waals surface area contributed by atoms with E-state index in [1.807, 2.05) is 0 Å². The summed E-state index contributed by atoms with van der Waals surface area (Å²) >= 11 is 0. The number of rotatable bonds is 67. The zero-order valence-corrected chi connectivity index (χ0v) is 59.8. The third kappa shape index (κ3) is 60.7. The summed E-state index contributed by atoms with van der Waals surface area (Å²) in [6.45, 7) is 14.1. The van der Waals surface area contributed by atoms with Crippen molar-refractivity contribution < 1.29 is 80.2 Å². The quantitative estimate of drug-likeness (QED) is 0.0222. The zero-order chi connectivity index (χ0) is 66.1. The van der Waals surface area contributed by atoms with Gasteiger partial charge in [-0.2, -0.15) is 0 Å². The van der Waals surface area contributed by atoms with Gasteiger partial charge in [0.15, 0.2) is 12.2 Å². The van der Waals surface area contributed by atoms with Gasteiger partial charge in [0.25, 0.3) is 0 Å². The monoisotopic (exact) mass is 1310 g/mol. The fourth-order valence-corrected chi connectivity index (χ4v) is 12.0. The number of ether oxygens (including phenoxy) is 4. The highest BCUT2D eigenvalue weighted by Crippen LogP contribution is 2.45. The lowest BCUT2D eigenvalue weighted by Crippen LogP contribution is -2.30. The lowest BCUT2D eigenvalue weighted by Gasteiger charge is -2.21. The molecule has 0 saturated heterocycles. The van der Waals surface area contributed by atoms with Gasteiger partial charge in [0.2, 0.25) is 0 Å². The van der Waals surface area contributed by atoms with Gasteiger partial charge in [0.05, 0.1) is 26.4 Å². The molecular weight excluding hydrogens is 1170 g/mol. The van der Waals surface area contributed by atoms with Crippen LogP contribution in [0.3, 0.4) is 0 Å². The maximum absolute atomic E-state index is 13.0. The van der Waals surface area contributed by atoms with Gasteiger partial charge in [-0.05, 0) is 49.4 Å². The average Bonchev–Trinajstić information content (AvgIpc) is 3.69. The molecule has 0 aliphatic rings. The number of carbonyl (C=O) groups is 4. The van der Waals surface area contributed by atoms with Crippen molar-refractivity contribution in [2.75, 3.05) is 39.6 Å². The highest BCUT2D eigenvalue weighted by Gasteiger charge is 2.30. The summed E-state index contributed by atoms with van der Waals surface area (Å²) in [5.41, 5.74) is 0. The van der Waals surface area contributed by atoms with E-state index >= 15 is 0 Å². The van der Waals surface area contributed by atoms with E-state index < -0.39 is 97.5 Å². The molecule has 8 atom stereocenters. The summed E-state index contributed by atoms with van der Waals surface area (Å²) in [6.07, 6.45) is 41.5. The first-order valence-electron chi connectivity index (χ1n) is 36.3. The van der Waals surface area contributed by atoms with Crippen molar-refractivity contribution in [3.05, 3.63) is 0 Å². The Morgan fingerprint density at radius 1 is 0.315 bits per heavy atom. The maximum Gasteiger partial charge on any atom is 0.472 e. The van der Waals surface area contributed by atoms with Crippen LogP contribution in [0.4, 0.5) is 0 Å². The highest BCUT2D eigenvalue weighted by atomic mass is 31.2. The molecule has 0 aromatic heterocycles. The molecule has 89 heavy (non-hydrogen) atoms. The lowest BCUT2D eigenvalue weighted by atomic mass is 9.99. The van der Waals surface area contributed by atoms with E-state index in [2.05, 4.69) is 55.4 Å². The first-order valence-corrected chi connectivity index (χ1v) is 39.3. The number of hydrogen-bond donors (Lipinski definition) is 3. The van der Waals surface area contributed by atoms with Crippen molar-refractivity contribution in [2.24, 2.45) is 23.7 Å². The van der Waals surface area contributed by atoms with E-state index in [0.29, 0.717) is 25.7 Å². The first kappa shape index (κ1) is 87.1. The first-order chi connectivity index (χ1) is 42.7. The van der Waals surface area contributed by atoms with Gasteiger partial charge in [0, 0.05) is 25.7 Å². The molecule has 0 radical (unpaired) electrons. The van der Waals surface area contributed by atoms with Gasteiger partial charge >= 0.3 is 39.5 Å². The van der Waals surface area contributed by atoms with Gasteiger partial charge in [-0.3, -0.25) is 37.3 Å². The predicted octanol–water partition coefficient (Wildman–Crippen LogP) is 19.7. The van der Waals surface area contributed by atoms with E-state index in [0.717, 1.165) is 114 Å². The maximum atomic E-state index is 13.0. The van der Waals surface area contributed by atoms with Crippen LogP contribution in [-0.4, -0.2) is 96.7 Å². The van der Waals surface area contributed by atoms with Crippen molar-refractivity contribution >= 4 is 39.5 Å². The Bertz CT molecular complexity index is 1770. The Hall–Kier alpha value is -1.94. The van der Waals surface area contributed by atoms with Crippen molar-refractivity contribution in [2.45, 2.75) is 363 Å². The SMILES string of the molecule is CCC(C)CCCCCCCCCCCCC(=O)O[C@H](COC(=O)CCCCCCCCCCC(C)CC)COP(=O)(O)OCC(O)COP(=O)(O)OC[C@@H](COC(=O)CCCCCCCCCCC(C)C)OC(=O)CCCCCCCCCCC(C)CC. The Kier molecular flexibility index (Phi) is 58.5. The van der Waals surface area contributed by atoms with Crippen LogP contribution in [-0.2, 0) is 65.4 Å². The van der Waals surface area contributed by atoms with Gasteiger partial charge in [-0.1, -0.05) is 293 Å². The number of phosphoric ester groups is 2. The molecule has 528 valence electrons. The minimum Gasteiger partial charge on any atom is -0.462 e. The molecule has 19 heteroatoms. The lowest BCUT2D eigenvalue weighted by molar-refractivity contribution is -0.161. The van der Waals surface area contributed by atoms with Gasteiger partial charge in [-0.15, -0.1) is 0 Å². The Morgan fingerprint density at radius 3 is 0.798 bits per heavy atom. The van der Waals surface area contributed by atoms with Crippen LogP contribution in [0.25, 0.3) is 0 Å². The Balaban J connectivity index is 5.28. The number of hydrogen-bond acceptors (Lipinski definition) is 15. The molecule has 0 aromatic carbocycles. The Labute approximate surface area is 543 Å². The molecule has 0 aromatic rings. The molecule has 0 rings (SSSR count). The summed E-state index contributed by atoms with van der Waals surface area (Å²) < 4.78 is 68.3. The van der Waals surface area contributed by atoms with E-state index in [1.165, 1.54) is 148 Å². The summed E-state index contributed by atoms with van der Waals surface area (Å²) in [4.78, 5) is 72.6. The van der Waals surface area contributed by atoms with Crippen LogP contribution in [0.2, 0.25) is 0 Å². The fourth-order valence-electron chi connectivity index (χ4n) is 10.4. The Morgan fingerprint density at radius 2 is 0.539 bits per heavy atom. The van der Waals surface area contributed by atoms with E-state index in [4.69, 9.17) is 37.0 Å². The van der Waals surface area contributed by atoms with E-state index in [9.17, 15) is 43.2 Å². The van der Waals surface area contributed by atoms with Crippen LogP contribution in [0.15, 0.2) is 0 Å². The number of aliphatic hydroxyl groups is 1. The second-order valence-corrected chi connectivity index (χ2v) is 29.4. The third-order valence-corrected chi connectivity index (χ3v) is 19.1. The van der Waals surface area contributed by atoms with Gasteiger partial charge in [0.1, 0.15) is 19.3 Å². The normalized spacial score (nSPS) is 15.2. The number of esters is 4. The molecular formula is C70H136O17P2. The number of aliphatic hydroxyl groups excluding tert-OH is 1. The average molecular weight is 1310 g/mol. The number of carbonyl (C=O) groups excluding carboxylic acids is 4. The van der Waals surface area contributed by atoms with Crippen molar-refractivity contribution in [3.8, 4) is 0 Å². The van der Waals surface area contributed by atoms with Crippen LogP contribution in [0.5, 0.6) is 0 Å². The molecule has 0 heterocycles. The van der Waals surface area contributed by atoms with Crippen LogP contribution < -0.4 is 0 Å². The van der Waals surface area contributed by atoms with Gasteiger partial charge < -0.3 is 33.8 Å².